The smallest absolute Gasteiger partial charge is 0.231 e. The molecule has 4 rings (SSSR count). The van der Waals surface area contributed by atoms with E-state index in [2.05, 4.69) is 5.32 Å². The second-order valence-corrected chi connectivity index (χ2v) is 11.8. The summed E-state index contributed by atoms with van der Waals surface area (Å²) in [5.74, 6) is -5.45. The van der Waals surface area contributed by atoms with Crippen LogP contribution < -0.4 is 5.32 Å². The summed E-state index contributed by atoms with van der Waals surface area (Å²) in [7, 11) is 0. The maximum Gasteiger partial charge on any atom is 0.231 e. The Labute approximate surface area is 248 Å². The van der Waals surface area contributed by atoms with Gasteiger partial charge in [0.1, 0.15) is 27.6 Å². The quantitative estimate of drug-likeness (QED) is 0.181. The highest BCUT2D eigenvalue weighted by Gasteiger charge is 2.67. The second-order valence-electron chi connectivity index (χ2n) is 9.55. The van der Waals surface area contributed by atoms with E-state index in [1.54, 1.807) is 6.92 Å². The van der Waals surface area contributed by atoms with Crippen LogP contribution in [-0.2, 0) is 22.4 Å². The Bertz CT molecular complexity index is 1510. The highest BCUT2D eigenvalue weighted by Crippen LogP contribution is 2.65. The number of nitrogens with one attached hydrogen (secondary N) is 1. The molecule has 0 aliphatic heterocycles. The van der Waals surface area contributed by atoms with Gasteiger partial charge in [0.05, 0.1) is 16.0 Å². The standard InChI is InChI=1S/C29H22Cl4F3NO3/c1-2-3-17(38)13-19-22(34)8-5-15(27(19)36)11-24(39)18-12-16(6-7-20(18)30)37-28(40)26-25(29(26,32)33)14-4-9-23(35)21(31)10-14/h4-10,12,25-26H,2-3,11,13H2,1H3,(H,37,40)/t25-,26+/m0/s1. The lowest BCUT2D eigenvalue weighted by Gasteiger charge is -2.11. The minimum absolute atomic E-state index is 0.00697. The summed E-state index contributed by atoms with van der Waals surface area (Å²) in [5, 5.41) is 2.57. The Morgan fingerprint density at radius 2 is 1.60 bits per heavy atom. The third-order valence-electron chi connectivity index (χ3n) is 6.69. The molecule has 0 radical (unpaired) electrons. The van der Waals surface area contributed by atoms with Crippen LogP contribution in [0.5, 0.6) is 0 Å². The van der Waals surface area contributed by atoms with E-state index in [0.717, 1.165) is 18.2 Å². The van der Waals surface area contributed by atoms with Gasteiger partial charge in [0.25, 0.3) is 0 Å². The third kappa shape index (κ3) is 6.33. The van der Waals surface area contributed by atoms with Crippen LogP contribution in [0.2, 0.25) is 10.0 Å². The van der Waals surface area contributed by atoms with E-state index < -0.39 is 58.2 Å². The maximum absolute atomic E-state index is 15.1. The molecule has 1 amide bonds. The summed E-state index contributed by atoms with van der Waals surface area (Å²) in [4.78, 5) is 38.1. The van der Waals surface area contributed by atoms with Gasteiger partial charge in [0, 0.05) is 42.0 Å². The molecule has 1 saturated carbocycles. The van der Waals surface area contributed by atoms with Gasteiger partial charge in [-0.3, -0.25) is 14.4 Å². The number of anilines is 1. The van der Waals surface area contributed by atoms with Gasteiger partial charge >= 0.3 is 0 Å². The minimum atomic E-state index is -1.47. The van der Waals surface area contributed by atoms with Crippen molar-refractivity contribution in [1.82, 2.24) is 0 Å². The van der Waals surface area contributed by atoms with Crippen molar-refractivity contribution in [2.45, 2.75) is 42.9 Å². The SMILES string of the molecule is CCCC(=O)Cc1c(F)ccc(CC(=O)c2cc(NC(=O)[C@H]3[C@H](c4ccc(F)c(Cl)c4)C3(Cl)Cl)ccc2Cl)c1F. The summed E-state index contributed by atoms with van der Waals surface area (Å²) < 4.78 is 41.4. The van der Waals surface area contributed by atoms with E-state index in [1.807, 2.05) is 0 Å². The number of halogens is 7. The normalized spacial score (nSPS) is 17.4. The number of carbonyl (C=O) groups is 3. The molecule has 2 atom stereocenters. The number of Topliss-reactive ketones (excluding diaryl/α,β-unsaturated/α-hetero) is 2. The Hall–Kier alpha value is -2.58. The predicted octanol–water partition coefficient (Wildman–Crippen LogP) is 8.27. The Kier molecular flexibility index (Phi) is 9.20. The first-order valence-electron chi connectivity index (χ1n) is 12.3. The number of benzene rings is 3. The van der Waals surface area contributed by atoms with Crippen molar-refractivity contribution in [2.24, 2.45) is 5.92 Å². The summed E-state index contributed by atoms with van der Waals surface area (Å²) in [6.45, 7) is 1.78. The lowest BCUT2D eigenvalue weighted by Crippen LogP contribution is -2.17. The Morgan fingerprint density at radius 3 is 2.27 bits per heavy atom. The molecule has 3 aromatic rings. The van der Waals surface area contributed by atoms with Crippen LogP contribution in [0.4, 0.5) is 18.9 Å². The number of rotatable bonds is 10. The average molecular weight is 631 g/mol. The van der Waals surface area contributed by atoms with Crippen LogP contribution in [-0.4, -0.2) is 21.8 Å². The van der Waals surface area contributed by atoms with E-state index in [1.165, 1.54) is 30.3 Å². The Morgan fingerprint density at radius 1 is 0.900 bits per heavy atom. The van der Waals surface area contributed by atoms with Gasteiger partial charge in [0.2, 0.25) is 5.91 Å². The van der Waals surface area contributed by atoms with Gasteiger partial charge in [-0.05, 0) is 53.9 Å². The van der Waals surface area contributed by atoms with Gasteiger partial charge in [-0.15, -0.1) is 23.2 Å². The summed E-state index contributed by atoms with van der Waals surface area (Å²) in [6.07, 6.45) is -0.139. The van der Waals surface area contributed by atoms with Crippen molar-refractivity contribution in [2.75, 3.05) is 5.32 Å². The first kappa shape index (κ1) is 30.4. The molecule has 210 valence electrons. The minimum Gasteiger partial charge on any atom is -0.326 e. The largest absolute Gasteiger partial charge is 0.326 e. The predicted molar refractivity (Wildman–Crippen MR) is 150 cm³/mol. The molecule has 0 unspecified atom stereocenters. The molecule has 1 N–H and O–H groups in total. The fourth-order valence-corrected chi connectivity index (χ4v) is 5.83. The average Bonchev–Trinajstić information content (AvgIpc) is 3.48. The lowest BCUT2D eigenvalue weighted by molar-refractivity contribution is -0.119. The number of alkyl halides is 2. The second kappa shape index (κ2) is 12.1. The van der Waals surface area contributed by atoms with Crippen LogP contribution >= 0.6 is 46.4 Å². The molecule has 1 aliphatic carbocycles. The van der Waals surface area contributed by atoms with Gasteiger partial charge in [-0.2, -0.15) is 0 Å². The van der Waals surface area contributed by atoms with Crippen molar-refractivity contribution >= 4 is 69.6 Å². The molecule has 0 heterocycles. The molecule has 11 heteroatoms. The number of carbonyl (C=O) groups excluding carboxylic acids is 3. The van der Waals surface area contributed by atoms with Crippen molar-refractivity contribution in [1.29, 1.82) is 0 Å². The highest BCUT2D eigenvalue weighted by molar-refractivity contribution is 6.53. The van der Waals surface area contributed by atoms with Crippen molar-refractivity contribution in [3.8, 4) is 0 Å². The van der Waals surface area contributed by atoms with E-state index in [-0.39, 0.29) is 44.6 Å². The molecular formula is C29H22Cl4F3NO3. The number of amides is 1. The van der Waals surface area contributed by atoms with E-state index in [0.29, 0.717) is 12.0 Å². The monoisotopic (exact) mass is 629 g/mol. The van der Waals surface area contributed by atoms with Crippen molar-refractivity contribution in [3.63, 3.8) is 0 Å². The zero-order valence-corrected chi connectivity index (χ0v) is 24.0. The van der Waals surface area contributed by atoms with Gasteiger partial charge in [-0.25, -0.2) is 13.2 Å². The number of ketones is 2. The van der Waals surface area contributed by atoms with Crippen LogP contribution in [0, 0.1) is 23.4 Å². The van der Waals surface area contributed by atoms with E-state index in [4.69, 9.17) is 46.4 Å². The van der Waals surface area contributed by atoms with Crippen LogP contribution in [0.3, 0.4) is 0 Å². The molecule has 0 bridgehead atoms. The molecular weight excluding hydrogens is 609 g/mol. The molecule has 0 saturated heterocycles. The molecule has 3 aromatic carbocycles. The highest BCUT2D eigenvalue weighted by atomic mass is 35.5. The van der Waals surface area contributed by atoms with Gasteiger partial charge in [-0.1, -0.05) is 42.3 Å². The molecule has 0 spiro atoms. The van der Waals surface area contributed by atoms with Crippen LogP contribution in [0.1, 0.15) is 52.7 Å². The topological polar surface area (TPSA) is 63.2 Å². The van der Waals surface area contributed by atoms with Crippen molar-refractivity contribution in [3.05, 3.63) is 98.3 Å². The molecule has 1 aliphatic rings. The molecule has 1 fully saturated rings. The van der Waals surface area contributed by atoms with Crippen LogP contribution in [0.25, 0.3) is 0 Å². The fourth-order valence-electron chi connectivity index (χ4n) is 4.59. The first-order chi connectivity index (χ1) is 18.8. The van der Waals surface area contributed by atoms with E-state index >= 15 is 4.39 Å². The number of hydrogen-bond acceptors (Lipinski definition) is 3. The van der Waals surface area contributed by atoms with Crippen LogP contribution in [0.15, 0.2) is 48.5 Å². The maximum atomic E-state index is 15.1. The lowest BCUT2D eigenvalue weighted by atomic mass is 9.97. The van der Waals surface area contributed by atoms with Gasteiger partial charge < -0.3 is 5.32 Å². The molecule has 0 aromatic heterocycles. The molecule has 40 heavy (non-hydrogen) atoms. The Balaban J connectivity index is 1.51. The van der Waals surface area contributed by atoms with Crippen molar-refractivity contribution < 1.29 is 27.6 Å². The summed E-state index contributed by atoms with van der Waals surface area (Å²) >= 11 is 24.8. The van der Waals surface area contributed by atoms with E-state index in [9.17, 15) is 23.2 Å². The zero-order chi connectivity index (χ0) is 29.4. The van der Waals surface area contributed by atoms with Gasteiger partial charge in [0.15, 0.2) is 5.78 Å². The molecule has 4 nitrogen and oxygen atoms in total. The third-order valence-corrected chi connectivity index (χ3v) is 8.25. The zero-order valence-electron chi connectivity index (χ0n) is 21.0. The fraction of sp³-hybridized carbons (Fsp3) is 0.276. The number of hydrogen-bond donors (Lipinski definition) is 1. The summed E-state index contributed by atoms with van der Waals surface area (Å²) in [5.41, 5.74) is 0.204. The summed E-state index contributed by atoms with van der Waals surface area (Å²) in [6, 6.07) is 10.3. The first-order valence-corrected chi connectivity index (χ1v) is 13.8.